The Labute approximate surface area is 178 Å². The molecule has 0 spiro atoms. The summed E-state index contributed by atoms with van der Waals surface area (Å²) in [6.07, 6.45) is 8.61. The van der Waals surface area contributed by atoms with Crippen molar-refractivity contribution in [2.75, 3.05) is 0 Å². The lowest BCUT2D eigenvalue weighted by Crippen LogP contribution is -2.29. The lowest BCUT2D eigenvalue weighted by atomic mass is 9.73. The molecule has 8 unspecified atom stereocenters. The van der Waals surface area contributed by atoms with E-state index < -0.39 is 0 Å². The average molecular weight is 407 g/mol. The quantitative estimate of drug-likeness (QED) is 0.520. The summed E-state index contributed by atoms with van der Waals surface area (Å²) in [4.78, 5) is 0. The largest absolute Gasteiger partial charge is 0.153 e. The van der Waals surface area contributed by atoms with Crippen molar-refractivity contribution < 1.29 is 0 Å². The van der Waals surface area contributed by atoms with Crippen LogP contribution in [0.4, 0.5) is 0 Å². The number of rotatable bonds is 2. The van der Waals surface area contributed by atoms with E-state index in [-0.39, 0.29) is 0 Å². The molecule has 2 aliphatic heterocycles. The number of benzene rings is 2. The Balaban J connectivity index is 1.15. The lowest BCUT2D eigenvalue weighted by molar-refractivity contribution is 0.315. The normalized spacial score (nSPS) is 41.9. The number of fused-ring (bicyclic) bond motifs is 5. The van der Waals surface area contributed by atoms with Crippen molar-refractivity contribution in [2.24, 2.45) is 11.8 Å². The van der Waals surface area contributed by atoms with E-state index >= 15 is 0 Å². The SMILES string of the molecule is c1ccc(C2CCC3C(C2)SC2C4CCC(c5ccccc5)CC4SC32)cc1. The maximum absolute atomic E-state index is 2.43. The van der Waals surface area contributed by atoms with Crippen LogP contribution in [0.25, 0.3) is 0 Å². The highest BCUT2D eigenvalue weighted by molar-refractivity contribution is 8.06. The van der Waals surface area contributed by atoms with E-state index in [1.54, 1.807) is 11.1 Å². The van der Waals surface area contributed by atoms with Crippen molar-refractivity contribution in [1.82, 2.24) is 0 Å². The van der Waals surface area contributed by atoms with Crippen molar-refractivity contribution in [3.05, 3.63) is 71.8 Å². The van der Waals surface area contributed by atoms with Crippen LogP contribution in [0.1, 0.15) is 61.5 Å². The monoisotopic (exact) mass is 406 g/mol. The first-order chi connectivity index (χ1) is 13.9. The first kappa shape index (κ1) is 18.0. The van der Waals surface area contributed by atoms with Crippen molar-refractivity contribution in [1.29, 1.82) is 0 Å². The van der Waals surface area contributed by atoms with Gasteiger partial charge in [-0.2, -0.15) is 23.5 Å². The van der Waals surface area contributed by atoms with Crippen LogP contribution in [0.5, 0.6) is 0 Å². The van der Waals surface area contributed by atoms with Gasteiger partial charge >= 0.3 is 0 Å². The highest BCUT2D eigenvalue weighted by Crippen LogP contribution is 2.64. The zero-order valence-electron chi connectivity index (χ0n) is 16.5. The van der Waals surface area contributed by atoms with Crippen LogP contribution in [0.3, 0.4) is 0 Å². The van der Waals surface area contributed by atoms with Gasteiger partial charge in [0, 0.05) is 21.0 Å². The summed E-state index contributed by atoms with van der Waals surface area (Å²) in [5, 5.41) is 3.76. The topological polar surface area (TPSA) is 0 Å². The van der Waals surface area contributed by atoms with Crippen LogP contribution in [0.15, 0.2) is 60.7 Å². The number of hydrogen-bond acceptors (Lipinski definition) is 2. The molecule has 4 fully saturated rings. The van der Waals surface area contributed by atoms with Crippen LogP contribution >= 0.6 is 23.5 Å². The molecule has 0 bridgehead atoms. The summed E-state index contributed by atoms with van der Waals surface area (Å²) in [5.41, 5.74) is 3.18. The molecule has 2 saturated heterocycles. The zero-order valence-corrected chi connectivity index (χ0v) is 18.1. The van der Waals surface area contributed by atoms with Crippen molar-refractivity contribution in [2.45, 2.75) is 71.4 Å². The molecule has 0 radical (unpaired) electrons. The van der Waals surface area contributed by atoms with Gasteiger partial charge in [0.1, 0.15) is 0 Å². The van der Waals surface area contributed by atoms with Crippen LogP contribution in [-0.2, 0) is 0 Å². The predicted octanol–water partition coefficient (Wildman–Crippen LogP) is 7.12. The van der Waals surface area contributed by atoms with Gasteiger partial charge in [0.15, 0.2) is 0 Å². The Bertz CT molecular complexity index is 734. The Morgan fingerprint density at radius 2 is 0.964 bits per heavy atom. The molecule has 2 heteroatoms. The standard InChI is InChI=1S/C26H30S2/c1-3-7-17(8-4-1)19-11-13-21-23(15-19)27-26-22-14-12-20(16-24(22)28-25(21)26)18-9-5-2-6-10-18/h1-10,19-26H,11-16H2. The summed E-state index contributed by atoms with van der Waals surface area (Å²) >= 11 is 4.85. The minimum atomic E-state index is 0.809. The van der Waals surface area contributed by atoms with Gasteiger partial charge in [-0.1, -0.05) is 60.7 Å². The highest BCUT2D eigenvalue weighted by atomic mass is 32.2. The van der Waals surface area contributed by atoms with Gasteiger partial charge in [-0.3, -0.25) is 0 Å². The Hall–Kier alpha value is -0.860. The van der Waals surface area contributed by atoms with Crippen LogP contribution < -0.4 is 0 Å². The average Bonchev–Trinajstić information content (AvgIpc) is 3.30. The van der Waals surface area contributed by atoms with Crippen LogP contribution in [0.2, 0.25) is 0 Å². The number of hydrogen-bond donors (Lipinski definition) is 0. The van der Waals surface area contributed by atoms with Crippen molar-refractivity contribution in [3.8, 4) is 0 Å². The van der Waals surface area contributed by atoms with E-state index in [9.17, 15) is 0 Å². The predicted molar refractivity (Wildman–Crippen MR) is 123 cm³/mol. The molecule has 4 aliphatic rings. The summed E-state index contributed by atoms with van der Waals surface area (Å²) in [6.45, 7) is 0. The second-order valence-electron chi connectivity index (χ2n) is 9.45. The molecule has 2 aromatic rings. The van der Waals surface area contributed by atoms with Gasteiger partial charge < -0.3 is 0 Å². The number of thioether (sulfide) groups is 2. The molecule has 2 aliphatic carbocycles. The maximum atomic E-state index is 2.43. The molecule has 28 heavy (non-hydrogen) atoms. The third-order valence-corrected chi connectivity index (χ3v) is 11.9. The van der Waals surface area contributed by atoms with E-state index in [2.05, 4.69) is 84.2 Å². The van der Waals surface area contributed by atoms with Gasteiger partial charge in [0.05, 0.1) is 0 Å². The fraction of sp³-hybridized carbons (Fsp3) is 0.538. The fourth-order valence-electron chi connectivity index (χ4n) is 6.67. The van der Waals surface area contributed by atoms with Crippen molar-refractivity contribution >= 4 is 23.5 Å². The zero-order chi connectivity index (χ0) is 18.5. The maximum Gasteiger partial charge on any atom is 0.0211 e. The molecule has 2 heterocycles. The highest BCUT2D eigenvalue weighted by Gasteiger charge is 2.56. The third kappa shape index (κ3) is 3.06. The van der Waals surface area contributed by atoms with Gasteiger partial charge in [-0.05, 0) is 73.3 Å². The van der Waals surface area contributed by atoms with E-state index in [4.69, 9.17) is 0 Å². The summed E-state index contributed by atoms with van der Waals surface area (Å²) in [6, 6.07) is 22.7. The molecular formula is C26H30S2. The summed E-state index contributed by atoms with van der Waals surface area (Å²) in [5.74, 6) is 3.59. The Morgan fingerprint density at radius 1 is 0.536 bits per heavy atom. The smallest absolute Gasteiger partial charge is 0.0211 e. The first-order valence-electron chi connectivity index (χ1n) is 11.3. The molecule has 2 saturated carbocycles. The van der Waals surface area contributed by atoms with Gasteiger partial charge in [0.2, 0.25) is 0 Å². The van der Waals surface area contributed by atoms with Crippen LogP contribution in [-0.4, -0.2) is 21.0 Å². The molecule has 2 aromatic carbocycles. The van der Waals surface area contributed by atoms with Crippen molar-refractivity contribution in [3.63, 3.8) is 0 Å². The van der Waals surface area contributed by atoms with Gasteiger partial charge in [0.25, 0.3) is 0 Å². The Kier molecular flexibility index (Phi) is 4.77. The van der Waals surface area contributed by atoms with Gasteiger partial charge in [-0.25, -0.2) is 0 Å². The third-order valence-electron chi connectivity index (χ3n) is 8.06. The molecule has 8 atom stereocenters. The van der Waals surface area contributed by atoms with E-state index in [0.29, 0.717) is 0 Å². The minimum Gasteiger partial charge on any atom is -0.153 e. The molecule has 0 nitrogen and oxygen atoms in total. The van der Waals surface area contributed by atoms with E-state index in [1.165, 1.54) is 38.5 Å². The molecule has 0 aromatic heterocycles. The summed E-state index contributed by atoms with van der Waals surface area (Å²) in [7, 11) is 0. The first-order valence-corrected chi connectivity index (χ1v) is 13.2. The van der Waals surface area contributed by atoms with Gasteiger partial charge in [-0.15, -0.1) is 0 Å². The summed E-state index contributed by atoms with van der Waals surface area (Å²) < 4.78 is 0. The van der Waals surface area contributed by atoms with E-state index in [1.807, 2.05) is 0 Å². The lowest BCUT2D eigenvalue weighted by Gasteiger charge is -2.36. The fourth-order valence-corrected chi connectivity index (χ4v) is 11.5. The molecular weight excluding hydrogens is 376 g/mol. The second kappa shape index (κ2) is 7.43. The van der Waals surface area contributed by atoms with E-state index in [0.717, 1.165) is 44.7 Å². The molecule has 6 rings (SSSR count). The minimum absolute atomic E-state index is 0.809. The Morgan fingerprint density at radius 3 is 1.39 bits per heavy atom. The molecule has 0 N–H and O–H groups in total. The molecule has 146 valence electrons. The van der Waals surface area contributed by atoms with Crippen LogP contribution in [0, 0.1) is 11.8 Å². The molecule has 0 amide bonds. The second-order valence-corrected chi connectivity index (χ2v) is 12.3.